The molecule has 0 saturated carbocycles. The third-order valence-corrected chi connectivity index (χ3v) is 5.23. The van der Waals surface area contributed by atoms with Crippen molar-refractivity contribution < 1.29 is 18.7 Å². The van der Waals surface area contributed by atoms with Gasteiger partial charge in [-0.1, -0.05) is 18.2 Å². The summed E-state index contributed by atoms with van der Waals surface area (Å²) in [7, 11) is 3.15. The standard InChI is InChI=1S/C23H28FN3O3.ClH/c1-25(2)23(29)30-21(22(28)18-8-10-19(24)11-9-18)12-13-26-14-16-27(17-15-26)20-6-4-3-5-7-20;/h3-11,21H,12-17H2,1-2H3;1H. The molecule has 3 rings (SSSR count). The second kappa shape index (κ2) is 11.7. The molecule has 6 nitrogen and oxygen atoms in total. The molecule has 1 heterocycles. The highest BCUT2D eigenvalue weighted by Gasteiger charge is 2.27. The number of rotatable bonds is 7. The lowest BCUT2D eigenvalue weighted by atomic mass is 10.0. The molecule has 168 valence electrons. The lowest BCUT2D eigenvalue weighted by molar-refractivity contribution is 0.0486. The number of piperazine rings is 1. The maximum atomic E-state index is 13.2. The molecule has 1 saturated heterocycles. The topological polar surface area (TPSA) is 53.1 Å². The van der Waals surface area contributed by atoms with Crippen LogP contribution in [0.3, 0.4) is 0 Å². The smallest absolute Gasteiger partial charge is 0.409 e. The lowest BCUT2D eigenvalue weighted by Gasteiger charge is -2.36. The predicted octanol–water partition coefficient (Wildman–Crippen LogP) is 3.71. The van der Waals surface area contributed by atoms with Crippen molar-refractivity contribution in [1.82, 2.24) is 9.80 Å². The van der Waals surface area contributed by atoms with Crippen molar-refractivity contribution in [2.45, 2.75) is 12.5 Å². The number of anilines is 1. The summed E-state index contributed by atoms with van der Waals surface area (Å²) in [6, 6.07) is 15.6. The summed E-state index contributed by atoms with van der Waals surface area (Å²) < 4.78 is 18.6. The number of carbonyl (C=O) groups excluding carboxylic acids is 2. The molecule has 1 amide bonds. The van der Waals surface area contributed by atoms with Crippen LogP contribution in [0.2, 0.25) is 0 Å². The van der Waals surface area contributed by atoms with Crippen LogP contribution in [-0.2, 0) is 4.74 Å². The number of hydrogen-bond acceptors (Lipinski definition) is 5. The highest BCUT2D eigenvalue weighted by molar-refractivity contribution is 6.00. The van der Waals surface area contributed by atoms with Gasteiger partial charge in [-0.3, -0.25) is 9.69 Å². The number of halogens is 2. The molecule has 1 fully saturated rings. The van der Waals surface area contributed by atoms with Gasteiger partial charge in [0, 0.05) is 64.5 Å². The van der Waals surface area contributed by atoms with Crippen molar-refractivity contribution in [3.05, 3.63) is 66.0 Å². The molecule has 8 heteroatoms. The zero-order valence-electron chi connectivity index (χ0n) is 17.9. The molecule has 31 heavy (non-hydrogen) atoms. The minimum absolute atomic E-state index is 0. The normalized spacial score (nSPS) is 15.0. The summed E-state index contributed by atoms with van der Waals surface area (Å²) in [5.41, 5.74) is 1.54. The van der Waals surface area contributed by atoms with E-state index in [-0.39, 0.29) is 18.2 Å². The Morgan fingerprint density at radius 1 is 1.00 bits per heavy atom. The number of amides is 1. The number of Topliss-reactive ketones (excluding diaryl/α,β-unsaturated/α-hetero) is 1. The summed E-state index contributed by atoms with van der Waals surface area (Å²) in [6.07, 6.45) is -1.08. The Bertz CT molecular complexity index is 841. The Labute approximate surface area is 189 Å². The Balaban J connectivity index is 0.00000341. The first-order valence-corrected chi connectivity index (χ1v) is 10.1. The SMILES string of the molecule is CN(C)C(=O)OC(CCN1CCN(c2ccccc2)CC1)C(=O)c1ccc(F)cc1.Cl. The molecule has 1 atom stereocenters. The summed E-state index contributed by atoms with van der Waals surface area (Å²) in [5, 5.41) is 0. The van der Waals surface area contributed by atoms with E-state index in [1.54, 1.807) is 14.1 Å². The minimum Gasteiger partial charge on any atom is -0.438 e. The van der Waals surface area contributed by atoms with E-state index >= 15 is 0 Å². The van der Waals surface area contributed by atoms with Crippen molar-refractivity contribution in [1.29, 1.82) is 0 Å². The zero-order chi connectivity index (χ0) is 21.5. The first kappa shape index (κ1) is 24.6. The highest BCUT2D eigenvalue weighted by Crippen LogP contribution is 2.17. The molecule has 0 bridgehead atoms. The van der Waals surface area contributed by atoms with Crippen LogP contribution in [0, 0.1) is 5.82 Å². The van der Waals surface area contributed by atoms with Gasteiger partial charge in [0.25, 0.3) is 0 Å². The van der Waals surface area contributed by atoms with E-state index in [0.29, 0.717) is 18.5 Å². The van der Waals surface area contributed by atoms with Gasteiger partial charge in [-0.15, -0.1) is 12.4 Å². The number of para-hydroxylation sites is 1. The molecular weight excluding hydrogens is 421 g/mol. The number of carbonyl (C=O) groups is 2. The van der Waals surface area contributed by atoms with Crippen LogP contribution in [0.25, 0.3) is 0 Å². The predicted molar refractivity (Wildman–Crippen MR) is 122 cm³/mol. The van der Waals surface area contributed by atoms with Gasteiger partial charge in [-0.25, -0.2) is 9.18 Å². The first-order chi connectivity index (χ1) is 14.4. The fraction of sp³-hybridized carbons (Fsp3) is 0.391. The number of nitrogens with zero attached hydrogens (tertiary/aromatic N) is 3. The Hall–Kier alpha value is -2.64. The molecule has 2 aromatic rings. The number of hydrogen-bond donors (Lipinski definition) is 0. The number of ether oxygens (including phenoxy) is 1. The minimum atomic E-state index is -0.905. The average molecular weight is 450 g/mol. The van der Waals surface area contributed by atoms with E-state index in [4.69, 9.17) is 4.74 Å². The molecular formula is C23H29ClFN3O3. The van der Waals surface area contributed by atoms with Crippen LogP contribution in [0.4, 0.5) is 14.9 Å². The van der Waals surface area contributed by atoms with Crippen molar-refractivity contribution in [2.75, 3.05) is 51.7 Å². The summed E-state index contributed by atoms with van der Waals surface area (Å²) in [5.74, 6) is -0.724. The summed E-state index contributed by atoms with van der Waals surface area (Å²) >= 11 is 0. The van der Waals surface area contributed by atoms with Crippen LogP contribution >= 0.6 is 12.4 Å². The second-order valence-corrected chi connectivity index (χ2v) is 7.59. The molecule has 1 aliphatic rings. The van der Waals surface area contributed by atoms with Crippen LogP contribution in [0.15, 0.2) is 54.6 Å². The van der Waals surface area contributed by atoms with Crippen molar-refractivity contribution in [3.8, 4) is 0 Å². The van der Waals surface area contributed by atoms with Gasteiger partial charge in [0.2, 0.25) is 5.78 Å². The van der Waals surface area contributed by atoms with Gasteiger partial charge in [0.05, 0.1) is 0 Å². The average Bonchev–Trinajstić information content (AvgIpc) is 2.77. The first-order valence-electron chi connectivity index (χ1n) is 10.1. The maximum Gasteiger partial charge on any atom is 0.409 e. The quantitative estimate of drug-likeness (QED) is 0.603. The van der Waals surface area contributed by atoms with E-state index < -0.39 is 18.0 Å². The second-order valence-electron chi connectivity index (χ2n) is 7.59. The maximum absolute atomic E-state index is 13.2. The molecule has 0 radical (unpaired) electrons. The fourth-order valence-corrected chi connectivity index (χ4v) is 3.44. The van der Waals surface area contributed by atoms with Crippen LogP contribution < -0.4 is 4.90 Å². The highest BCUT2D eigenvalue weighted by atomic mass is 35.5. The van der Waals surface area contributed by atoms with E-state index in [1.165, 1.54) is 34.9 Å². The van der Waals surface area contributed by atoms with Gasteiger partial charge >= 0.3 is 6.09 Å². The molecule has 0 spiro atoms. The monoisotopic (exact) mass is 449 g/mol. The van der Waals surface area contributed by atoms with Crippen molar-refractivity contribution >= 4 is 30.0 Å². The van der Waals surface area contributed by atoms with Crippen molar-refractivity contribution in [3.63, 3.8) is 0 Å². The zero-order valence-corrected chi connectivity index (χ0v) is 18.7. The fourth-order valence-electron chi connectivity index (χ4n) is 3.44. The third kappa shape index (κ3) is 6.94. The molecule has 1 aliphatic heterocycles. The number of benzene rings is 2. The van der Waals surface area contributed by atoms with Gasteiger partial charge < -0.3 is 14.5 Å². The number of ketones is 1. The molecule has 1 unspecified atom stereocenters. The third-order valence-electron chi connectivity index (χ3n) is 5.23. The van der Waals surface area contributed by atoms with Gasteiger partial charge in [0.1, 0.15) is 5.82 Å². The lowest BCUT2D eigenvalue weighted by Crippen LogP contribution is -2.47. The van der Waals surface area contributed by atoms with E-state index in [1.807, 2.05) is 18.2 Å². The summed E-state index contributed by atoms with van der Waals surface area (Å²) in [6.45, 7) is 4.18. The van der Waals surface area contributed by atoms with Gasteiger partial charge in [-0.05, 0) is 36.4 Å². The van der Waals surface area contributed by atoms with Crippen LogP contribution in [0.1, 0.15) is 16.8 Å². The van der Waals surface area contributed by atoms with Gasteiger partial charge in [-0.2, -0.15) is 0 Å². The van der Waals surface area contributed by atoms with Crippen LogP contribution in [-0.4, -0.2) is 74.6 Å². The Morgan fingerprint density at radius 3 is 2.19 bits per heavy atom. The molecule has 2 aromatic carbocycles. The van der Waals surface area contributed by atoms with Crippen LogP contribution in [0.5, 0.6) is 0 Å². The molecule has 0 N–H and O–H groups in total. The van der Waals surface area contributed by atoms with Gasteiger partial charge in [0.15, 0.2) is 6.10 Å². The van der Waals surface area contributed by atoms with E-state index in [0.717, 1.165) is 26.2 Å². The van der Waals surface area contributed by atoms with E-state index in [9.17, 15) is 14.0 Å². The molecule has 0 aromatic heterocycles. The van der Waals surface area contributed by atoms with E-state index in [2.05, 4.69) is 21.9 Å². The largest absolute Gasteiger partial charge is 0.438 e. The summed E-state index contributed by atoms with van der Waals surface area (Å²) in [4.78, 5) is 30.8. The molecule has 0 aliphatic carbocycles. The Kier molecular flexibility index (Phi) is 9.27. The Morgan fingerprint density at radius 2 is 1.61 bits per heavy atom. The van der Waals surface area contributed by atoms with Crippen molar-refractivity contribution in [2.24, 2.45) is 0 Å².